The lowest BCUT2D eigenvalue weighted by Crippen LogP contribution is -2.53. The van der Waals surface area contributed by atoms with E-state index in [1.54, 1.807) is 23.9 Å². The molecule has 2 rings (SSSR count). The summed E-state index contributed by atoms with van der Waals surface area (Å²) in [6.45, 7) is 1.99. The number of H-pyrrole nitrogens is 1. The fraction of sp³-hybridized carbons (Fsp3) is 0.667. The number of nitrogens with one attached hydrogen (secondary N) is 1. The molecule has 1 aliphatic heterocycles. The van der Waals surface area contributed by atoms with Crippen molar-refractivity contribution in [3.8, 4) is 0 Å². The monoisotopic (exact) mass is 253 g/mol. The molecule has 1 aromatic heterocycles. The maximum Gasteiger partial charge on any atom is 0.319 e. The molecule has 9 nitrogen and oxygen atoms in total. The highest BCUT2D eigenvalue weighted by Crippen LogP contribution is 2.06. The number of hydrogen-bond donors (Lipinski definition) is 1. The van der Waals surface area contributed by atoms with Gasteiger partial charge in [-0.15, -0.1) is 10.2 Å². The van der Waals surface area contributed by atoms with Crippen LogP contribution in [0.2, 0.25) is 0 Å². The van der Waals surface area contributed by atoms with Crippen LogP contribution in [0.3, 0.4) is 0 Å². The molecule has 0 radical (unpaired) electrons. The quantitative estimate of drug-likeness (QED) is 0.666. The second-order valence-corrected chi connectivity index (χ2v) is 4.19. The molecule has 18 heavy (non-hydrogen) atoms. The van der Waals surface area contributed by atoms with E-state index in [0.717, 1.165) is 0 Å². The molecule has 98 valence electrons. The fourth-order valence-corrected chi connectivity index (χ4v) is 1.78. The minimum atomic E-state index is -0.263. The van der Waals surface area contributed by atoms with E-state index >= 15 is 0 Å². The van der Waals surface area contributed by atoms with E-state index in [9.17, 15) is 9.59 Å². The fourth-order valence-electron chi connectivity index (χ4n) is 1.78. The molecule has 0 aliphatic carbocycles. The third-order valence-corrected chi connectivity index (χ3v) is 2.76. The van der Waals surface area contributed by atoms with Crippen molar-refractivity contribution in [3.63, 3.8) is 0 Å². The number of aromatic nitrogens is 4. The first-order valence-corrected chi connectivity index (χ1v) is 5.58. The van der Waals surface area contributed by atoms with E-state index in [1.807, 2.05) is 0 Å². The summed E-state index contributed by atoms with van der Waals surface area (Å²) in [5.41, 5.74) is 0. The Morgan fingerprint density at radius 2 is 1.78 bits per heavy atom. The van der Waals surface area contributed by atoms with Crippen molar-refractivity contribution in [2.45, 2.75) is 0 Å². The van der Waals surface area contributed by atoms with Crippen LogP contribution < -0.4 is 0 Å². The van der Waals surface area contributed by atoms with Crippen LogP contribution >= 0.6 is 0 Å². The Morgan fingerprint density at radius 1 is 1.17 bits per heavy atom. The lowest BCUT2D eigenvalue weighted by atomic mass is 10.3. The highest BCUT2D eigenvalue weighted by molar-refractivity contribution is 5.90. The van der Waals surface area contributed by atoms with E-state index in [-0.39, 0.29) is 17.8 Å². The van der Waals surface area contributed by atoms with Gasteiger partial charge in [0, 0.05) is 40.3 Å². The molecule has 1 N–H and O–H groups in total. The van der Waals surface area contributed by atoms with E-state index in [1.165, 1.54) is 4.90 Å². The second kappa shape index (κ2) is 4.98. The number of rotatable bonds is 1. The zero-order valence-corrected chi connectivity index (χ0v) is 10.3. The zero-order chi connectivity index (χ0) is 13.1. The minimum Gasteiger partial charge on any atom is -0.332 e. The predicted molar refractivity (Wildman–Crippen MR) is 60.7 cm³/mol. The Kier molecular flexibility index (Phi) is 3.40. The van der Waals surface area contributed by atoms with Gasteiger partial charge in [-0.05, 0) is 5.21 Å². The van der Waals surface area contributed by atoms with Crippen molar-refractivity contribution >= 4 is 11.9 Å². The maximum atomic E-state index is 11.9. The smallest absolute Gasteiger partial charge is 0.319 e. The standard InChI is InChI=1S/C9H15N7O2/c1-14(2)9(18)16-5-3-15(4-6-16)8(17)7-10-12-13-11-7/h3-6H2,1-2H3,(H,10,11,12,13). The molecule has 1 saturated heterocycles. The van der Waals surface area contributed by atoms with Crippen molar-refractivity contribution in [1.82, 2.24) is 35.3 Å². The molecular formula is C9H15N7O2. The first-order chi connectivity index (χ1) is 8.59. The van der Waals surface area contributed by atoms with Crippen LogP contribution in [0.15, 0.2) is 0 Å². The SMILES string of the molecule is CN(C)C(=O)N1CCN(C(=O)c2nn[nH]n2)CC1. The number of urea groups is 1. The van der Waals surface area contributed by atoms with Crippen molar-refractivity contribution in [1.29, 1.82) is 0 Å². The number of piperazine rings is 1. The molecule has 1 aromatic rings. The van der Waals surface area contributed by atoms with Gasteiger partial charge in [0.05, 0.1) is 0 Å². The largest absolute Gasteiger partial charge is 0.332 e. The molecule has 0 bridgehead atoms. The number of carbonyl (C=O) groups is 2. The number of aromatic amines is 1. The van der Waals surface area contributed by atoms with Gasteiger partial charge in [-0.1, -0.05) is 0 Å². The van der Waals surface area contributed by atoms with Gasteiger partial charge < -0.3 is 14.7 Å². The summed E-state index contributed by atoms with van der Waals surface area (Å²) in [4.78, 5) is 28.5. The number of hydrogen-bond acceptors (Lipinski definition) is 5. The number of amides is 3. The number of nitrogens with zero attached hydrogens (tertiary/aromatic N) is 6. The van der Waals surface area contributed by atoms with Crippen LogP contribution in [-0.2, 0) is 0 Å². The lowest BCUT2D eigenvalue weighted by molar-refractivity contribution is 0.0638. The van der Waals surface area contributed by atoms with E-state index in [4.69, 9.17) is 0 Å². The average molecular weight is 253 g/mol. The molecule has 1 aliphatic rings. The maximum absolute atomic E-state index is 11.9. The summed E-state index contributed by atoms with van der Waals surface area (Å²) in [6.07, 6.45) is 0. The minimum absolute atomic E-state index is 0.0401. The van der Waals surface area contributed by atoms with E-state index < -0.39 is 0 Å². The molecule has 3 amide bonds. The van der Waals surface area contributed by atoms with Gasteiger partial charge in [0.15, 0.2) is 0 Å². The van der Waals surface area contributed by atoms with Crippen molar-refractivity contribution in [2.24, 2.45) is 0 Å². The summed E-state index contributed by atoms with van der Waals surface area (Å²) in [5.74, 6) is -0.205. The van der Waals surface area contributed by atoms with Gasteiger partial charge in [0.25, 0.3) is 11.7 Å². The molecule has 1 fully saturated rings. The van der Waals surface area contributed by atoms with Gasteiger partial charge >= 0.3 is 6.03 Å². The molecule has 0 saturated carbocycles. The van der Waals surface area contributed by atoms with E-state index in [2.05, 4.69) is 20.6 Å². The van der Waals surface area contributed by atoms with Gasteiger partial charge in [0.2, 0.25) is 0 Å². The summed E-state index contributed by atoms with van der Waals surface area (Å²) >= 11 is 0. The molecule has 0 spiro atoms. The summed E-state index contributed by atoms with van der Waals surface area (Å²) in [7, 11) is 3.42. The van der Waals surface area contributed by atoms with Gasteiger partial charge in [-0.25, -0.2) is 4.79 Å². The Balaban J connectivity index is 1.91. The van der Waals surface area contributed by atoms with Crippen molar-refractivity contribution in [2.75, 3.05) is 40.3 Å². The van der Waals surface area contributed by atoms with Crippen LogP contribution in [0.5, 0.6) is 0 Å². The summed E-state index contributed by atoms with van der Waals surface area (Å²) in [6, 6.07) is -0.0401. The first kappa shape index (κ1) is 12.3. The molecule has 2 heterocycles. The van der Waals surface area contributed by atoms with Crippen molar-refractivity contribution < 1.29 is 9.59 Å². The third kappa shape index (κ3) is 2.39. The highest BCUT2D eigenvalue weighted by Gasteiger charge is 2.27. The number of carbonyl (C=O) groups excluding carboxylic acids is 2. The Hall–Kier alpha value is -2.19. The molecule has 0 atom stereocenters. The second-order valence-electron chi connectivity index (χ2n) is 4.19. The molecule has 9 heteroatoms. The predicted octanol–water partition coefficient (Wildman–Crippen LogP) is -1.36. The third-order valence-electron chi connectivity index (χ3n) is 2.76. The summed E-state index contributed by atoms with van der Waals surface area (Å²) in [5, 5.41) is 12.9. The Labute approximate surface area is 104 Å². The topological polar surface area (TPSA) is 98.3 Å². The zero-order valence-electron chi connectivity index (χ0n) is 10.3. The highest BCUT2D eigenvalue weighted by atomic mass is 16.2. The first-order valence-electron chi connectivity index (χ1n) is 5.58. The van der Waals surface area contributed by atoms with E-state index in [0.29, 0.717) is 26.2 Å². The Morgan fingerprint density at radius 3 is 2.28 bits per heavy atom. The number of tetrazole rings is 1. The van der Waals surface area contributed by atoms with Gasteiger partial charge in [-0.3, -0.25) is 4.79 Å². The molecular weight excluding hydrogens is 238 g/mol. The summed E-state index contributed by atoms with van der Waals surface area (Å²) < 4.78 is 0. The van der Waals surface area contributed by atoms with Gasteiger partial charge in [-0.2, -0.15) is 5.21 Å². The van der Waals surface area contributed by atoms with Crippen LogP contribution in [0.4, 0.5) is 4.79 Å². The lowest BCUT2D eigenvalue weighted by Gasteiger charge is -2.35. The molecule has 0 unspecified atom stereocenters. The van der Waals surface area contributed by atoms with Crippen LogP contribution in [0, 0.1) is 0 Å². The Bertz CT molecular complexity index is 422. The van der Waals surface area contributed by atoms with Gasteiger partial charge in [0.1, 0.15) is 0 Å². The normalized spacial score (nSPS) is 15.7. The van der Waals surface area contributed by atoms with Crippen LogP contribution in [0.1, 0.15) is 10.6 Å². The van der Waals surface area contributed by atoms with Crippen LogP contribution in [0.25, 0.3) is 0 Å². The van der Waals surface area contributed by atoms with Crippen LogP contribution in [-0.4, -0.2) is 87.5 Å². The molecule has 0 aromatic carbocycles. The van der Waals surface area contributed by atoms with Crippen molar-refractivity contribution in [3.05, 3.63) is 5.82 Å². The average Bonchev–Trinajstić information content (AvgIpc) is 2.91.